The van der Waals surface area contributed by atoms with Crippen LogP contribution in [0.2, 0.25) is 0 Å². The van der Waals surface area contributed by atoms with E-state index in [1.807, 2.05) is 30.3 Å². The highest BCUT2D eigenvalue weighted by molar-refractivity contribution is 6.09. The third-order valence-electron chi connectivity index (χ3n) is 2.51. The molecular formula is C15H11NO. The van der Waals surface area contributed by atoms with E-state index in [2.05, 4.69) is 6.07 Å². The van der Waals surface area contributed by atoms with Crippen LogP contribution in [0.3, 0.4) is 0 Å². The first-order chi connectivity index (χ1) is 8.31. The van der Waals surface area contributed by atoms with Crippen LogP contribution in [0.15, 0.2) is 54.6 Å². The van der Waals surface area contributed by atoms with E-state index in [0.29, 0.717) is 17.5 Å². The molecule has 0 amide bonds. The fraction of sp³-hybridized carbons (Fsp3) is 0.0667. The SMILES string of the molecule is N#[13C]Cc1cccc(C(=O)c2ccccc2)c1. The van der Waals surface area contributed by atoms with E-state index in [1.54, 1.807) is 24.3 Å². The van der Waals surface area contributed by atoms with Gasteiger partial charge in [-0.15, -0.1) is 0 Å². The predicted molar refractivity (Wildman–Crippen MR) is 65.6 cm³/mol. The van der Waals surface area contributed by atoms with E-state index >= 15 is 0 Å². The molecule has 17 heavy (non-hydrogen) atoms. The molecule has 2 heteroatoms. The third kappa shape index (κ3) is 2.59. The molecule has 0 saturated carbocycles. The number of carbonyl (C=O) groups is 1. The minimum absolute atomic E-state index is 0.00890. The van der Waals surface area contributed by atoms with Crippen LogP contribution in [0.5, 0.6) is 0 Å². The molecule has 0 aliphatic heterocycles. The Morgan fingerprint density at radius 1 is 1.00 bits per heavy atom. The van der Waals surface area contributed by atoms with Crippen LogP contribution in [0.1, 0.15) is 21.5 Å². The molecule has 82 valence electrons. The lowest BCUT2D eigenvalue weighted by Gasteiger charge is -2.02. The summed E-state index contributed by atoms with van der Waals surface area (Å²) < 4.78 is 0. The number of benzene rings is 2. The highest BCUT2D eigenvalue weighted by atomic mass is 16.1. The highest BCUT2D eigenvalue weighted by Gasteiger charge is 2.08. The molecule has 0 radical (unpaired) electrons. The zero-order chi connectivity index (χ0) is 12.1. The van der Waals surface area contributed by atoms with Crippen molar-refractivity contribution in [2.45, 2.75) is 6.42 Å². The van der Waals surface area contributed by atoms with E-state index in [0.717, 1.165) is 5.56 Å². The number of hydrogen-bond donors (Lipinski definition) is 0. The molecule has 0 spiro atoms. The maximum absolute atomic E-state index is 12.1. The van der Waals surface area contributed by atoms with Gasteiger partial charge in [0.15, 0.2) is 5.78 Å². The molecule has 0 fully saturated rings. The molecule has 0 aromatic heterocycles. The summed E-state index contributed by atoms with van der Waals surface area (Å²) in [7, 11) is 0. The van der Waals surface area contributed by atoms with E-state index in [-0.39, 0.29) is 5.78 Å². The van der Waals surface area contributed by atoms with Crippen LogP contribution in [-0.4, -0.2) is 5.78 Å². The van der Waals surface area contributed by atoms with E-state index in [4.69, 9.17) is 5.26 Å². The number of ketones is 1. The van der Waals surface area contributed by atoms with Crippen molar-refractivity contribution in [3.05, 3.63) is 71.3 Å². The van der Waals surface area contributed by atoms with Crippen molar-refractivity contribution in [1.82, 2.24) is 0 Å². The lowest BCUT2D eigenvalue weighted by molar-refractivity contribution is 0.103. The molecule has 0 aliphatic rings. The monoisotopic (exact) mass is 222 g/mol. The van der Waals surface area contributed by atoms with Crippen molar-refractivity contribution in [2.75, 3.05) is 0 Å². The van der Waals surface area contributed by atoms with Crippen LogP contribution in [0.4, 0.5) is 0 Å². The summed E-state index contributed by atoms with van der Waals surface area (Å²) in [5.74, 6) is -0.00890. The maximum atomic E-state index is 12.1. The zero-order valence-electron chi connectivity index (χ0n) is 9.26. The van der Waals surface area contributed by atoms with Crippen molar-refractivity contribution < 1.29 is 4.79 Å². The second-order valence-corrected chi connectivity index (χ2v) is 3.73. The third-order valence-corrected chi connectivity index (χ3v) is 2.51. The van der Waals surface area contributed by atoms with E-state index < -0.39 is 0 Å². The quantitative estimate of drug-likeness (QED) is 0.591. The predicted octanol–water partition coefficient (Wildman–Crippen LogP) is 2.98. The summed E-state index contributed by atoms with van der Waals surface area (Å²) in [5, 5.41) is 8.63. The molecule has 0 heterocycles. The Labute approximate surface area is 100 Å². The van der Waals surface area contributed by atoms with Crippen LogP contribution >= 0.6 is 0 Å². The first-order valence-corrected chi connectivity index (χ1v) is 5.37. The molecule has 0 saturated heterocycles. The molecule has 0 N–H and O–H groups in total. The lowest BCUT2D eigenvalue weighted by Crippen LogP contribution is -2.01. The molecule has 2 rings (SSSR count). The Morgan fingerprint density at radius 3 is 2.41 bits per heavy atom. The smallest absolute Gasteiger partial charge is 0.193 e. The highest BCUT2D eigenvalue weighted by Crippen LogP contribution is 2.11. The summed E-state index contributed by atoms with van der Waals surface area (Å²) in [6.45, 7) is 0. The van der Waals surface area contributed by atoms with Gasteiger partial charge in [-0.25, -0.2) is 0 Å². The fourth-order valence-corrected chi connectivity index (χ4v) is 1.67. The van der Waals surface area contributed by atoms with Gasteiger partial charge in [-0.3, -0.25) is 4.79 Å². The Bertz CT molecular complexity index is 567. The maximum Gasteiger partial charge on any atom is 0.193 e. The topological polar surface area (TPSA) is 40.9 Å². The minimum atomic E-state index is -0.00890. The average Bonchev–Trinajstić information content (AvgIpc) is 2.40. The first-order valence-electron chi connectivity index (χ1n) is 5.37. The van der Waals surface area contributed by atoms with Crippen LogP contribution in [-0.2, 0) is 6.42 Å². The number of rotatable bonds is 3. The second-order valence-electron chi connectivity index (χ2n) is 3.73. The van der Waals surface area contributed by atoms with Gasteiger partial charge in [0.2, 0.25) is 0 Å². The fourth-order valence-electron chi connectivity index (χ4n) is 1.67. The molecule has 2 nitrogen and oxygen atoms in total. The zero-order valence-corrected chi connectivity index (χ0v) is 9.26. The standard InChI is InChI=1S/C15H11NO/c16-10-9-12-5-4-8-14(11-12)15(17)13-6-2-1-3-7-13/h1-8,11H,9H2/i10+1. The van der Waals surface area contributed by atoms with Crippen LogP contribution < -0.4 is 0 Å². The van der Waals surface area contributed by atoms with Gasteiger partial charge in [-0.1, -0.05) is 48.5 Å². The molecule has 0 unspecified atom stereocenters. The largest absolute Gasteiger partial charge is 0.289 e. The van der Waals surface area contributed by atoms with Gasteiger partial charge in [0.25, 0.3) is 0 Å². The Hall–Kier alpha value is -2.40. The summed E-state index contributed by atoms with van der Waals surface area (Å²) in [6.07, 6.45) is 0.329. The van der Waals surface area contributed by atoms with E-state index in [1.165, 1.54) is 0 Å². The number of carbonyl (C=O) groups excluding carboxylic acids is 1. The molecule has 2 aromatic carbocycles. The van der Waals surface area contributed by atoms with Gasteiger partial charge in [0, 0.05) is 11.1 Å². The molecule has 0 bridgehead atoms. The second kappa shape index (κ2) is 5.09. The summed E-state index contributed by atoms with van der Waals surface area (Å²) in [5.41, 5.74) is 2.17. The van der Waals surface area contributed by atoms with Crippen molar-refractivity contribution in [3.63, 3.8) is 0 Å². The summed E-state index contributed by atoms with van der Waals surface area (Å²) in [6, 6.07) is 18.4. The summed E-state index contributed by atoms with van der Waals surface area (Å²) >= 11 is 0. The van der Waals surface area contributed by atoms with Gasteiger partial charge in [0.1, 0.15) is 0 Å². The summed E-state index contributed by atoms with van der Waals surface area (Å²) in [4.78, 5) is 12.1. The molecule has 0 atom stereocenters. The molecule has 2 aromatic rings. The number of hydrogen-bond acceptors (Lipinski definition) is 2. The van der Waals surface area contributed by atoms with Crippen molar-refractivity contribution in [2.24, 2.45) is 0 Å². The van der Waals surface area contributed by atoms with Crippen LogP contribution in [0.25, 0.3) is 0 Å². The Balaban J connectivity index is 2.32. The van der Waals surface area contributed by atoms with Gasteiger partial charge in [-0.2, -0.15) is 5.26 Å². The minimum Gasteiger partial charge on any atom is -0.289 e. The first kappa shape index (κ1) is 11.1. The van der Waals surface area contributed by atoms with Gasteiger partial charge < -0.3 is 0 Å². The normalized spacial score (nSPS) is 9.59. The lowest BCUT2D eigenvalue weighted by atomic mass is 10.0. The van der Waals surface area contributed by atoms with Gasteiger partial charge in [0.05, 0.1) is 12.5 Å². The Morgan fingerprint density at radius 2 is 1.71 bits per heavy atom. The molecule has 0 aliphatic carbocycles. The Kier molecular flexibility index (Phi) is 3.32. The number of nitriles is 1. The van der Waals surface area contributed by atoms with Crippen molar-refractivity contribution in [3.8, 4) is 6.07 Å². The average molecular weight is 222 g/mol. The van der Waals surface area contributed by atoms with Crippen molar-refractivity contribution >= 4 is 5.78 Å². The van der Waals surface area contributed by atoms with E-state index in [9.17, 15) is 4.79 Å². The van der Waals surface area contributed by atoms with Crippen molar-refractivity contribution in [1.29, 1.82) is 5.26 Å². The van der Waals surface area contributed by atoms with Crippen LogP contribution in [0, 0.1) is 11.3 Å². The number of nitrogens with zero attached hydrogens (tertiary/aromatic N) is 1. The van der Waals surface area contributed by atoms with Gasteiger partial charge >= 0.3 is 0 Å². The molecular weight excluding hydrogens is 211 g/mol. The van der Waals surface area contributed by atoms with Gasteiger partial charge in [-0.05, 0) is 11.6 Å².